The Morgan fingerprint density at radius 1 is 1.71 bits per heavy atom. The standard InChI is InChI=1S/C11H19N3/c1-5-9(3)13-11(6-2)10-7-12-14(4)8-10/h5,7-9,11,13H,1,6H2,2-4H3. The lowest BCUT2D eigenvalue weighted by Gasteiger charge is -2.18. The number of aryl methyl sites for hydroxylation is 1. The highest BCUT2D eigenvalue weighted by Gasteiger charge is 2.11. The van der Waals surface area contributed by atoms with E-state index in [1.54, 1.807) is 0 Å². The molecule has 1 heterocycles. The second kappa shape index (κ2) is 4.96. The van der Waals surface area contributed by atoms with Crippen LogP contribution >= 0.6 is 0 Å². The molecule has 14 heavy (non-hydrogen) atoms. The van der Waals surface area contributed by atoms with Gasteiger partial charge in [-0.25, -0.2) is 0 Å². The number of rotatable bonds is 5. The van der Waals surface area contributed by atoms with E-state index in [0.29, 0.717) is 12.1 Å². The fourth-order valence-corrected chi connectivity index (χ4v) is 1.46. The molecule has 0 aliphatic rings. The summed E-state index contributed by atoms with van der Waals surface area (Å²) < 4.78 is 1.83. The molecule has 0 saturated heterocycles. The first-order valence-electron chi connectivity index (χ1n) is 5.04. The Bertz CT molecular complexity index is 290. The molecule has 0 aromatic carbocycles. The largest absolute Gasteiger partial charge is 0.304 e. The van der Waals surface area contributed by atoms with E-state index >= 15 is 0 Å². The van der Waals surface area contributed by atoms with Crippen LogP contribution in [0.2, 0.25) is 0 Å². The first-order valence-corrected chi connectivity index (χ1v) is 5.04. The van der Waals surface area contributed by atoms with Crippen molar-refractivity contribution in [2.45, 2.75) is 32.4 Å². The van der Waals surface area contributed by atoms with Gasteiger partial charge in [-0.05, 0) is 13.3 Å². The lowest BCUT2D eigenvalue weighted by molar-refractivity contribution is 0.490. The van der Waals surface area contributed by atoms with E-state index in [2.05, 4.69) is 37.0 Å². The van der Waals surface area contributed by atoms with E-state index in [1.165, 1.54) is 5.56 Å². The number of nitrogens with zero attached hydrogens (tertiary/aromatic N) is 2. The Balaban J connectivity index is 2.67. The van der Waals surface area contributed by atoms with E-state index in [-0.39, 0.29) is 0 Å². The van der Waals surface area contributed by atoms with Gasteiger partial charge >= 0.3 is 0 Å². The number of hydrogen-bond donors (Lipinski definition) is 1. The molecule has 1 aromatic heterocycles. The zero-order chi connectivity index (χ0) is 10.6. The third-order valence-electron chi connectivity index (χ3n) is 2.35. The van der Waals surface area contributed by atoms with Crippen LogP contribution in [-0.4, -0.2) is 15.8 Å². The van der Waals surface area contributed by atoms with Crippen molar-refractivity contribution in [3.8, 4) is 0 Å². The minimum Gasteiger partial charge on any atom is -0.304 e. The van der Waals surface area contributed by atoms with Crippen LogP contribution in [0.5, 0.6) is 0 Å². The molecule has 0 bridgehead atoms. The molecule has 0 saturated carbocycles. The van der Waals surface area contributed by atoms with Crippen molar-refractivity contribution in [2.75, 3.05) is 0 Å². The van der Waals surface area contributed by atoms with Crippen molar-refractivity contribution in [1.82, 2.24) is 15.1 Å². The normalized spacial score (nSPS) is 15.1. The Morgan fingerprint density at radius 2 is 2.43 bits per heavy atom. The van der Waals surface area contributed by atoms with Crippen molar-refractivity contribution in [2.24, 2.45) is 7.05 Å². The van der Waals surface area contributed by atoms with Crippen molar-refractivity contribution < 1.29 is 0 Å². The first-order chi connectivity index (χ1) is 6.67. The molecule has 0 radical (unpaired) electrons. The van der Waals surface area contributed by atoms with E-state index < -0.39 is 0 Å². The summed E-state index contributed by atoms with van der Waals surface area (Å²) in [6.45, 7) is 8.03. The van der Waals surface area contributed by atoms with Crippen LogP contribution in [0.3, 0.4) is 0 Å². The molecule has 3 nitrogen and oxygen atoms in total. The highest BCUT2D eigenvalue weighted by Crippen LogP contribution is 2.15. The molecule has 0 amide bonds. The lowest BCUT2D eigenvalue weighted by atomic mass is 10.1. The molecule has 1 N–H and O–H groups in total. The molecule has 0 fully saturated rings. The van der Waals surface area contributed by atoms with E-state index in [4.69, 9.17) is 0 Å². The Hall–Kier alpha value is -1.09. The summed E-state index contributed by atoms with van der Waals surface area (Å²) in [7, 11) is 1.94. The van der Waals surface area contributed by atoms with Crippen molar-refractivity contribution in [3.63, 3.8) is 0 Å². The van der Waals surface area contributed by atoms with Crippen LogP contribution < -0.4 is 5.32 Å². The maximum atomic E-state index is 4.17. The summed E-state index contributed by atoms with van der Waals surface area (Å²) in [6.07, 6.45) is 6.94. The molecule has 2 unspecified atom stereocenters. The summed E-state index contributed by atoms with van der Waals surface area (Å²) in [5, 5.41) is 7.64. The molecule has 0 spiro atoms. The fourth-order valence-electron chi connectivity index (χ4n) is 1.46. The van der Waals surface area contributed by atoms with Gasteiger partial charge < -0.3 is 5.32 Å². The van der Waals surface area contributed by atoms with Gasteiger partial charge in [0.25, 0.3) is 0 Å². The van der Waals surface area contributed by atoms with Crippen LogP contribution in [-0.2, 0) is 7.05 Å². The Morgan fingerprint density at radius 3 is 2.86 bits per heavy atom. The summed E-state index contributed by atoms with van der Waals surface area (Å²) in [5.41, 5.74) is 1.24. The topological polar surface area (TPSA) is 29.9 Å². The highest BCUT2D eigenvalue weighted by molar-refractivity contribution is 5.10. The van der Waals surface area contributed by atoms with Crippen LogP contribution in [0.1, 0.15) is 31.9 Å². The third-order valence-corrected chi connectivity index (χ3v) is 2.35. The summed E-state index contributed by atoms with van der Waals surface area (Å²) in [4.78, 5) is 0. The predicted molar refractivity (Wildman–Crippen MR) is 59.0 cm³/mol. The van der Waals surface area contributed by atoms with Gasteiger partial charge in [0.2, 0.25) is 0 Å². The van der Waals surface area contributed by atoms with E-state index in [1.807, 2.05) is 24.0 Å². The second-order valence-electron chi connectivity index (χ2n) is 3.60. The lowest BCUT2D eigenvalue weighted by Crippen LogP contribution is -2.28. The molecule has 78 valence electrons. The van der Waals surface area contributed by atoms with Gasteiger partial charge in [-0.3, -0.25) is 4.68 Å². The van der Waals surface area contributed by atoms with Gasteiger partial charge in [0.1, 0.15) is 0 Å². The second-order valence-corrected chi connectivity index (χ2v) is 3.60. The van der Waals surface area contributed by atoms with Crippen molar-refractivity contribution in [1.29, 1.82) is 0 Å². The van der Waals surface area contributed by atoms with Crippen molar-refractivity contribution in [3.05, 3.63) is 30.6 Å². The molecule has 2 atom stereocenters. The average Bonchev–Trinajstić information content (AvgIpc) is 2.60. The third kappa shape index (κ3) is 2.70. The molecule has 1 aromatic rings. The SMILES string of the molecule is C=CC(C)NC(CC)c1cnn(C)c1. The summed E-state index contributed by atoms with van der Waals surface area (Å²) >= 11 is 0. The van der Waals surface area contributed by atoms with Gasteiger partial charge in [0, 0.05) is 30.9 Å². The minimum atomic E-state index is 0.333. The molecular weight excluding hydrogens is 174 g/mol. The fraction of sp³-hybridized carbons (Fsp3) is 0.545. The number of nitrogens with one attached hydrogen (secondary N) is 1. The van der Waals surface area contributed by atoms with Crippen LogP contribution in [0.4, 0.5) is 0 Å². The van der Waals surface area contributed by atoms with Crippen molar-refractivity contribution >= 4 is 0 Å². The quantitative estimate of drug-likeness (QED) is 0.725. The smallest absolute Gasteiger partial charge is 0.0537 e. The van der Waals surface area contributed by atoms with Gasteiger partial charge in [-0.1, -0.05) is 13.0 Å². The molecule has 0 aliphatic heterocycles. The minimum absolute atomic E-state index is 0.333. The first kappa shape index (κ1) is 11.0. The molecule has 1 rings (SSSR count). The molecule has 3 heteroatoms. The van der Waals surface area contributed by atoms with Gasteiger partial charge in [-0.15, -0.1) is 6.58 Å². The molecule has 0 aliphatic carbocycles. The van der Waals surface area contributed by atoms with Crippen LogP contribution in [0.15, 0.2) is 25.0 Å². The van der Waals surface area contributed by atoms with Crippen LogP contribution in [0.25, 0.3) is 0 Å². The van der Waals surface area contributed by atoms with Gasteiger partial charge in [-0.2, -0.15) is 5.10 Å². The molecular formula is C11H19N3. The van der Waals surface area contributed by atoms with Crippen LogP contribution in [0, 0.1) is 0 Å². The van der Waals surface area contributed by atoms with E-state index in [0.717, 1.165) is 6.42 Å². The zero-order valence-electron chi connectivity index (χ0n) is 9.20. The number of aromatic nitrogens is 2. The average molecular weight is 193 g/mol. The Labute approximate surface area is 85.8 Å². The summed E-state index contributed by atoms with van der Waals surface area (Å²) in [6, 6.07) is 0.705. The predicted octanol–water partition coefficient (Wildman–Crippen LogP) is 2.04. The number of hydrogen-bond acceptors (Lipinski definition) is 2. The maximum absolute atomic E-state index is 4.17. The Kier molecular flexibility index (Phi) is 3.89. The van der Waals surface area contributed by atoms with Gasteiger partial charge in [0.15, 0.2) is 0 Å². The summed E-state index contributed by atoms with van der Waals surface area (Å²) in [5.74, 6) is 0. The van der Waals surface area contributed by atoms with Gasteiger partial charge in [0.05, 0.1) is 6.20 Å². The monoisotopic (exact) mass is 193 g/mol. The maximum Gasteiger partial charge on any atom is 0.0537 e. The highest BCUT2D eigenvalue weighted by atomic mass is 15.2. The zero-order valence-corrected chi connectivity index (χ0v) is 9.20. The van der Waals surface area contributed by atoms with E-state index in [9.17, 15) is 0 Å².